The van der Waals surface area contributed by atoms with Crippen molar-refractivity contribution in [2.75, 3.05) is 0 Å². The van der Waals surface area contributed by atoms with Gasteiger partial charge in [-0.3, -0.25) is 0 Å². The van der Waals surface area contributed by atoms with Gasteiger partial charge in [0.25, 0.3) is 0 Å². The van der Waals surface area contributed by atoms with Crippen molar-refractivity contribution in [3.8, 4) is 5.75 Å². The first-order chi connectivity index (χ1) is 9.31. The average molecular weight is 350 g/mol. The maximum Gasteiger partial charge on any atom is 0.416 e. The molecule has 0 aliphatic carbocycles. The number of rotatable bonds is 5. The Morgan fingerprint density at radius 2 is 1.48 bits per heavy atom. The minimum atomic E-state index is -4.29. The largest absolute Gasteiger partial charge is 0.547 e. The van der Waals surface area contributed by atoms with E-state index in [1.54, 1.807) is 0 Å². The Hall–Kier alpha value is -0.539. The van der Waals surface area contributed by atoms with Gasteiger partial charge in [-0.2, -0.15) is 13.2 Å². The molecule has 0 saturated carbocycles. The van der Waals surface area contributed by atoms with Crippen molar-refractivity contribution in [3.05, 3.63) is 29.8 Å². The zero-order valence-electron chi connectivity index (χ0n) is 13.6. The third kappa shape index (κ3) is 5.99. The van der Waals surface area contributed by atoms with E-state index >= 15 is 0 Å². The van der Waals surface area contributed by atoms with Gasteiger partial charge in [0.15, 0.2) is 0 Å². The van der Waals surface area contributed by atoms with Crippen molar-refractivity contribution in [1.29, 1.82) is 0 Å². The summed E-state index contributed by atoms with van der Waals surface area (Å²) in [6.07, 6.45) is -4.29. The van der Waals surface area contributed by atoms with E-state index in [9.17, 15) is 13.2 Å². The van der Waals surface area contributed by atoms with E-state index in [0.29, 0.717) is 5.75 Å². The van der Waals surface area contributed by atoms with E-state index in [1.165, 1.54) is 17.8 Å². The molecular weight excluding hydrogens is 325 g/mol. The Morgan fingerprint density at radius 1 is 1.00 bits per heavy atom. The van der Waals surface area contributed by atoms with Crippen LogP contribution >= 0.6 is 0 Å². The van der Waals surface area contributed by atoms with Crippen LogP contribution in [0.3, 0.4) is 0 Å². The molecule has 0 atom stereocenters. The summed E-state index contributed by atoms with van der Waals surface area (Å²) in [4.78, 5) is 0. The van der Waals surface area contributed by atoms with Gasteiger partial charge in [0.1, 0.15) is 5.75 Å². The topological polar surface area (TPSA) is 9.23 Å². The number of alkyl halides is 3. The Labute approximate surface area is 129 Å². The summed E-state index contributed by atoms with van der Waals surface area (Å²) in [7, 11) is -3.60. The fourth-order valence-corrected chi connectivity index (χ4v) is 20.5. The minimum Gasteiger partial charge on any atom is -0.547 e. The Morgan fingerprint density at radius 3 is 1.86 bits per heavy atom. The van der Waals surface area contributed by atoms with Gasteiger partial charge >= 0.3 is 6.18 Å². The first-order valence-electron chi connectivity index (χ1n) is 7.00. The molecule has 0 fully saturated rings. The van der Waals surface area contributed by atoms with Crippen LogP contribution in [0.1, 0.15) is 5.56 Å². The molecule has 119 valence electrons. The summed E-state index contributed by atoms with van der Waals surface area (Å²) < 4.78 is 43.8. The molecular formula is C14H24F3OSi3. The highest BCUT2D eigenvalue weighted by atomic mass is 29.2. The molecule has 0 amide bonds. The minimum absolute atomic E-state index is 0.569. The van der Waals surface area contributed by atoms with Gasteiger partial charge in [-0.1, -0.05) is 31.9 Å². The van der Waals surface area contributed by atoms with Crippen LogP contribution in [0.2, 0.25) is 44.9 Å². The summed E-state index contributed by atoms with van der Waals surface area (Å²) in [5.74, 6) is 0.569. The molecule has 0 unspecified atom stereocenters. The fraction of sp³-hybridized carbons (Fsp3) is 0.571. The van der Waals surface area contributed by atoms with Crippen molar-refractivity contribution in [1.82, 2.24) is 0 Å². The quantitative estimate of drug-likeness (QED) is 0.649. The molecule has 1 nitrogen and oxygen atoms in total. The summed E-state index contributed by atoms with van der Waals surface area (Å²) in [5.41, 5.74) is 0.649. The number of benzene rings is 1. The molecule has 0 saturated heterocycles. The highest BCUT2D eigenvalue weighted by molar-refractivity contribution is 7.31. The summed E-state index contributed by atoms with van der Waals surface area (Å²) in [6.45, 7) is 13.7. The Bertz CT molecular complexity index is 464. The maximum atomic E-state index is 12.5. The van der Waals surface area contributed by atoms with Crippen LogP contribution in [0.15, 0.2) is 24.3 Å². The molecule has 0 aliphatic heterocycles. The second kappa shape index (κ2) is 6.29. The third-order valence-electron chi connectivity index (χ3n) is 3.38. The number of halogens is 3. The van der Waals surface area contributed by atoms with Crippen LogP contribution in [0.4, 0.5) is 13.2 Å². The predicted molar refractivity (Wildman–Crippen MR) is 89.3 cm³/mol. The van der Waals surface area contributed by atoms with Crippen molar-refractivity contribution < 1.29 is 17.6 Å². The van der Waals surface area contributed by atoms with Gasteiger partial charge in [0.05, 0.1) is 13.9 Å². The third-order valence-corrected chi connectivity index (χ3v) is 20.6. The monoisotopic (exact) mass is 349 g/mol. The van der Waals surface area contributed by atoms with Crippen LogP contribution < -0.4 is 4.43 Å². The molecule has 21 heavy (non-hydrogen) atoms. The standard InChI is InChI=1S/C14H24F3OSi3/c1-19(11-20(2,3)4)21(5,6)18-13-9-7-12(8-10-13)14(15,16)17/h7-10H,11H2,1-6H3. The van der Waals surface area contributed by atoms with E-state index in [1.807, 2.05) is 0 Å². The average Bonchev–Trinajstić information content (AvgIpc) is 2.25. The van der Waals surface area contributed by atoms with Gasteiger partial charge in [-0.15, -0.1) is 0 Å². The second-order valence-corrected chi connectivity index (χ2v) is 24.6. The summed E-state index contributed by atoms with van der Waals surface area (Å²) in [6, 6.07) is 5.09. The molecule has 1 rings (SSSR count). The van der Waals surface area contributed by atoms with Crippen molar-refractivity contribution in [2.24, 2.45) is 0 Å². The van der Waals surface area contributed by atoms with Crippen molar-refractivity contribution in [3.63, 3.8) is 0 Å². The molecule has 1 radical (unpaired) electrons. The molecule has 0 spiro atoms. The Kier molecular flexibility index (Phi) is 5.55. The number of hydrogen-bond acceptors (Lipinski definition) is 1. The zero-order valence-corrected chi connectivity index (χ0v) is 16.6. The van der Waals surface area contributed by atoms with Crippen molar-refractivity contribution >= 4 is 24.2 Å². The van der Waals surface area contributed by atoms with Gasteiger partial charge in [0, 0.05) is 8.07 Å². The fourth-order valence-electron chi connectivity index (χ4n) is 2.10. The van der Waals surface area contributed by atoms with Crippen LogP contribution in [0.25, 0.3) is 0 Å². The number of hydrogen-bond donors (Lipinski definition) is 0. The smallest absolute Gasteiger partial charge is 0.416 e. The lowest BCUT2D eigenvalue weighted by molar-refractivity contribution is -0.137. The van der Waals surface area contributed by atoms with E-state index in [4.69, 9.17) is 4.43 Å². The molecule has 0 aromatic heterocycles. The zero-order chi connectivity index (χ0) is 16.5. The summed E-state index contributed by atoms with van der Waals surface area (Å²) >= 11 is 0. The van der Waals surface area contributed by atoms with Gasteiger partial charge in [0.2, 0.25) is 7.83 Å². The lowest BCUT2D eigenvalue weighted by Gasteiger charge is -2.32. The molecule has 0 heterocycles. The van der Waals surface area contributed by atoms with Crippen LogP contribution in [0.5, 0.6) is 5.75 Å². The highest BCUT2D eigenvalue weighted by Crippen LogP contribution is 2.31. The van der Waals surface area contributed by atoms with E-state index < -0.39 is 36.0 Å². The van der Waals surface area contributed by atoms with Gasteiger partial charge in [-0.05, 0) is 37.4 Å². The molecule has 0 N–H and O–H groups in total. The Balaban J connectivity index is 2.80. The van der Waals surface area contributed by atoms with Crippen molar-refractivity contribution in [2.45, 2.75) is 51.1 Å². The normalized spacial score (nSPS) is 13.6. The molecule has 0 bridgehead atoms. The molecule has 1 aromatic carbocycles. The molecule has 1 aromatic rings. The molecule has 7 heteroatoms. The van der Waals surface area contributed by atoms with E-state index in [2.05, 4.69) is 39.3 Å². The van der Waals surface area contributed by atoms with Crippen LogP contribution in [-0.2, 0) is 6.18 Å². The first-order valence-corrected chi connectivity index (χ1v) is 16.8. The maximum absolute atomic E-state index is 12.5. The van der Waals surface area contributed by atoms with Gasteiger partial charge < -0.3 is 4.43 Å². The lowest BCUT2D eigenvalue weighted by atomic mass is 10.2. The SMILES string of the molecule is C[Si](C[Si](C)(C)C)[Si](C)(C)Oc1ccc(C(F)(F)F)cc1. The summed E-state index contributed by atoms with van der Waals surface area (Å²) in [5, 5.41) is 0. The van der Waals surface area contributed by atoms with Crippen LogP contribution in [0, 0.1) is 0 Å². The van der Waals surface area contributed by atoms with Gasteiger partial charge in [-0.25, -0.2) is 0 Å². The predicted octanol–water partition coefficient (Wildman–Crippen LogP) is 5.37. The first kappa shape index (κ1) is 18.5. The van der Waals surface area contributed by atoms with E-state index in [0.717, 1.165) is 12.1 Å². The highest BCUT2D eigenvalue weighted by Gasteiger charge is 2.37. The second-order valence-electron chi connectivity index (χ2n) is 7.15. The lowest BCUT2D eigenvalue weighted by Crippen LogP contribution is -2.52. The van der Waals surface area contributed by atoms with Crippen LogP contribution in [-0.4, -0.2) is 24.2 Å². The molecule has 0 aliphatic rings. The van der Waals surface area contributed by atoms with E-state index in [-0.39, 0.29) is 0 Å².